The van der Waals surface area contributed by atoms with Crippen LogP contribution in [0.25, 0.3) is 11.0 Å². The molecule has 0 atom stereocenters. The first-order valence-corrected chi connectivity index (χ1v) is 14.2. The Morgan fingerprint density at radius 3 is 2.68 bits per heavy atom. The van der Waals surface area contributed by atoms with E-state index in [9.17, 15) is 9.59 Å². The third-order valence-electron chi connectivity index (χ3n) is 7.88. The highest BCUT2D eigenvalue weighted by atomic mass is 16.1. The predicted molar refractivity (Wildman–Crippen MR) is 164 cm³/mol. The van der Waals surface area contributed by atoms with Crippen LogP contribution in [0.4, 0.5) is 17.3 Å². The standard InChI is InChI=1S/C30H39N9O2/c1-6-8-26(35-37(20-40)21(3)4)39-27-24(28(41)38(39)15-7-2)17-32-29(34-27)33-23-9-10-25(22(5)16-23)36-18-30(19-36)11-13-31-14-12-30/h6-10,16-17,20-21,31H,2,11-15,18-19H2,1,3-5H3,(H,32,33,34)/b8-6-,35-26+. The summed E-state index contributed by atoms with van der Waals surface area (Å²) in [6.07, 6.45) is 9.84. The second-order valence-corrected chi connectivity index (χ2v) is 11.2. The average molecular weight is 558 g/mol. The number of amides is 1. The monoisotopic (exact) mass is 557 g/mol. The van der Waals surface area contributed by atoms with Crippen LogP contribution in [0.15, 0.2) is 59.1 Å². The molecule has 1 aromatic carbocycles. The van der Waals surface area contributed by atoms with E-state index in [0.29, 0.717) is 34.6 Å². The molecule has 0 radical (unpaired) electrons. The smallest absolute Gasteiger partial charge is 0.278 e. The summed E-state index contributed by atoms with van der Waals surface area (Å²) in [5.74, 6) is 0.718. The summed E-state index contributed by atoms with van der Waals surface area (Å²) in [6.45, 7) is 16.2. The molecule has 3 aromatic rings. The molecule has 2 aliphatic rings. The molecule has 0 aliphatic carbocycles. The van der Waals surface area contributed by atoms with Crippen molar-refractivity contribution in [2.24, 2.45) is 10.5 Å². The van der Waals surface area contributed by atoms with E-state index in [1.165, 1.54) is 40.0 Å². The molecule has 11 heteroatoms. The van der Waals surface area contributed by atoms with Gasteiger partial charge >= 0.3 is 0 Å². The Hall–Kier alpha value is -4.25. The van der Waals surface area contributed by atoms with Crippen molar-refractivity contribution >= 4 is 40.6 Å². The lowest BCUT2D eigenvalue weighted by Gasteiger charge is -2.54. The van der Waals surface area contributed by atoms with Crippen LogP contribution in [0, 0.1) is 12.3 Å². The zero-order valence-electron chi connectivity index (χ0n) is 24.3. The molecule has 2 fully saturated rings. The van der Waals surface area contributed by atoms with E-state index in [1.54, 1.807) is 22.9 Å². The molecule has 0 bridgehead atoms. The summed E-state index contributed by atoms with van der Waals surface area (Å²) in [5.41, 5.74) is 3.86. The number of hydrogen-bond donors (Lipinski definition) is 2. The number of aromatic nitrogens is 4. The van der Waals surface area contributed by atoms with Crippen molar-refractivity contribution in [3.05, 3.63) is 65.1 Å². The van der Waals surface area contributed by atoms with E-state index in [4.69, 9.17) is 4.98 Å². The molecule has 5 rings (SSSR count). The summed E-state index contributed by atoms with van der Waals surface area (Å²) in [7, 11) is 0. The Morgan fingerprint density at radius 1 is 1.29 bits per heavy atom. The number of nitrogens with one attached hydrogen (secondary N) is 2. The summed E-state index contributed by atoms with van der Waals surface area (Å²) >= 11 is 0. The van der Waals surface area contributed by atoms with Gasteiger partial charge in [-0.2, -0.15) is 10.1 Å². The summed E-state index contributed by atoms with van der Waals surface area (Å²) < 4.78 is 3.10. The summed E-state index contributed by atoms with van der Waals surface area (Å²) in [6, 6.07) is 6.12. The molecule has 2 saturated heterocycles. The predicted octanol–water partition coefficient (Wildman–Crippen LogP) is 3.63. The van der Waals surface area contributed by atoms with Gasteiger partial charge in [0.2, 0.25) is 12.4 Å². The van der Waals surface area contributed by atoms with Crippen LogP contribution in [0.5, 0.6) is 0 Å². The van der Waals surface area contributed by atoms with Crippen molar-refractivity contribution in [2.45, 2.75) is 53.1 Å². The van der Waals surface area contributed by atoms with E-state index < -0.39 is 0 Å². The summed E-state index contributed by atoms with van der Waals surface area (Å²) in [4.78, 5) is 36.7. The van der Waals surface area contributed by atoms with Crippen LogP contribution in [0.2, 0.25) is 0 Å². The normalized spacial score (nSPS) is 16.9. The molecule has 41 heavy (non-hydrogen) atoms. The van der Waals surface area contributed by atoms with Crippen molar-refractivity contribution in [1.82, 2.24) is 29.7 Å². The third-order valence-corrected chi connectivity index (χ3v) is 7.88. The van der Waals surface area contributed by atoms with Gasteiger partial charge in [-0.1, -0.05) is 12.2 Å². The minimum Gasteiger partial charge on any atom is -0.370 e. The number of hydrogen-bond acceptors (Lipinski definition) is 8. The van der Waals surface area contributed by atoms with Gasteiger partial charge in [-0.3, -0.25) is 9.59 Å². The highest BCUT2D eigenvalue weighted by Gasteiger charge is 2.43. The van der Waals surface area contributed by atoms with Crippen LogP contribution in [-0.2, 0) is 11.3 Å². The summed E-state index contributed by atoms with van der Waals surface area (Å²) in [5, 5.41) is 13.0. The Kier molecular flexibility index (Phi) is 8.07. The number of rotatable bonds is 9. The minimum atomic E-state index is -0.271. The number of piperidine rings is 1. The first-order chi connectivity index (χ1) is 19.8. The van der Waals surface area contributed by atoms with Gasteiger partial charge in [0.15, 0.2) is 11.5 Å². The Bertz CT molecular complexity index is 1550. The first kappa shape index (κ1) is 28.3. The van der Waals surface area contributed by atoms with Gasteiger partial charge < -0.3 is 15.5 Å². The fraction of sp³-hybridized carbons (Fsp3) is 0.433. The van der Waals surface area contributed by atoms with E-state index in [1.807, 2.05) is 26.8 Å². The molecular formula is C30H39N9O2. The van der Waals surface area contributed by atoms with Crippen LogP contribution in [-0.4, -0.2) is 68.8 Å². The van der Waals surface area contributed by atoms with Crippen molar-refractivity contribution < 1.29 is 4.79 Å². The molecule has 0 unspecified atom stereocenters. The van der Waals surface area contributed by atoms with Crippen LogP contribution in [0.3, 0.4) is 0 Å². The molecule has 216 valence electrons. The molecule has 11 nitrogen and oxygen atoms in total. The topological polar surface area (TPSA) is 113 Å². The van der Waals surface area contributed by atoms with Gasteiger partial charge in [0.1, 0.15) is 5.39 Å². The van der Waals surface area contributed by atoms with Gasteiger partial charge in [-0.15, -0.1) is 6.58 Å². The van der Waals surface area contributed by atoms with Gasteiger partial charge in [-0.05, 0) is 83.5 Å². The molecule has 1 spiro atoms. The molecule has 1 amide bonds. The van der Waals surface area contributed by atoms with Crippen LogP contribution >= 0.6 is 0 Å². The molecule has 2 aromatic heterocycles. The largest absolute Gasteiger partial charge is 0.370 e. The van der Waals surface area contributed by atoms with Gasteiger partial charge in [0, 0.05) is 42.1 Å². The van der Waals surface area contributed by atoms with E-state index >= 15 is 0 Å². The second kappa shape index (κ2) is 11.7. The Morgan fingerprint density at radius 2 is 2.05 bits per heavy atom. The molecule has 0 saturated carbocycles. The fourth-order valence-corrected chi connectivity index (χ4v) is 5.71. The van der Waals surface area contributed by atoms with Gasteiger partial charge in [-0.25, -0.2) is 19.4 Å². The maximum atomic E-state index is 13.3. The maximum Gasteiger partial charge on any atom is 0.278 e. The number of carbonyl (C=O) groups is 1. The third kappa shape index (κ3) is 5.54. The van der Waals surface area contributed by atoms with Crippen molar-refractivity contribution in [3.8, 4) is 0 Å². The second-order valence-electron chi connectivity index (χ2n) is 11.2. The number of allylic oxidation sites excluding steroid dienone is 3. The Labute approximate surface area is 240 Å². The van der Waals surface area contributed by atoms with E-state index in [-0.39, 0.29) is 18.1 Å². The molecular weight excluding hydrogens is 518 g/mol. The number of benzene rings is 1. The highest BCUT2D eigenvalue weighted by Crippen LogP contribution is 2.42. The number of aryl methyl sites for hydroxylation is 1. The number of carbonyl (C=O) groups excluding carboxylic acids is 1. The maximum absolute atomic E-state index is 13.3. The van der Waals surface area contributed by atoms with Gasteiger partial charge in [0.25, 0.3) is 5.56 Å². The molecule has 2 aliphatic heterocycles. The number of fused-ring (bicyclic) bond motifs is 1. The van der Waals surface area contributed by atoms with Crippen molar-refractivity contribution in [1.29, 1.82) is 0 Å². The molecule has 2 N–H and O–H groups in total. The number of anilines is 3. The zero-order chi connectivity index (χ0) is 29.1. The SMILES string of the molecule is C=CCn1c(=O)c2cnc(Nc3ccc(N4CC5(CCNCC5)C4)c(C)c3)nc2n1C(/C=C\C)=N/N(C=O)C(C)C. The van der Waals surface area contributed by atoms with Crippen molar-refractivity contribution in [2.75, 3.05) is 36.4 Å². The van der Waals surface area contributed by atoms with Crippen LogP contribution in [0.1, 0.15) is 39.2 Å². The zero-order valence-corrected chi connectivity index (χ0v) is 24.3. The first-order valence-electron chi connectivity index (χ1n) is 14.2. The molecule has 4 heterocycles. The van der Waals surface area contributed by atoms with E-state index in [2.05, 4.69) is 51.3 Å². The Balaban J connectivity index is 1.47. The van der Waals surface area contributed by atoms with Crippen molar-refractivity contribution in [3.63, 3.8) is 0 Å². The quantitative estimate of drug-likeness (QED) is 0.136. The average Bonchev–Trinajstić information content (AvgIpc) is 3.21. The van der Waals surface area contributed by atoms with Gasteiger partial charge in [0.05, 0.1) is 6.54 Å². The number of hydrazone groups is 1. The van der Waals surface area contributed by atoms with Crippen LogP contribution < -0.4 is 21.1 Å². The van der Waals surface area contributed by atoms with E-state index in [0.717, 1.165) is 31.9 Å². The lowest BCUT2D eigenvalue weighted by molar-refractivity contribution is -0.119. The lowest BCUT2D eigenvalue weighted by atomic mass is 9.72. The fourth-order valence-electron chi connectivity index (χ4n) is 5.71. The number of nitrogens with zero attached hydrogens (tertiary/aromatic N) is 7. The lowest BCUT2D eigenvalue weighted by Crippen LogP contribution is -2.60. The highest BCUT2D eigenvalue weighted by molar-refractivity contribution is 5.99. The minimum absolute atomic E-state index is 0.173.